The van der Waals surface area contributed by atoms with Crippen LogP contribution in [0.2, 0.25) is 0 Å². The van der Waals surface area contributed by atoms with Crippen LogP contribution in [0.15, 0.2) is 85.1 Å². The molecule has 174 valence electrons. The number of hydrogen-bond donors (Lipinski definition) is 1. The Balaban J connectivity index is 1.47. The summed E-state index contributed by atoms with van der Waals surface area (Å²) in [5.74, 6) is 1.39. The van der Waals surface area contributed by atoms with Crippen molar-refractivity contribution in [3.63, 3.8) is 0 Å². The largest absolute Gasteiger partial charge is 0.372 e. The molecular weight excluding hydrogens is 434 g/mol. The Morgan fingerprint density at radius 2 is 1.69 bits per heavy atom. The molecule has 0 amide bonds. The molecule has 3 aromatic carbocycles. The second-order valence-corrected chi connectivity index (χ2v) is 8.95. The molecule has 1 aliphatic rings. The number of likely N-dealkylation sites (N-methyl/N-ethyl adjacent to an activating group) is 1. The minimum atomic E-state index is 0.554. The Morgan fingerprint density at radius 3 is 2.49 bits per heavy atom. The van der Waals surface area contributed by atoms with Gasteiger partial charge < -0.3 is 15.1 Å². The second kappa shape index (κ2) is 8.76. The van der Waals surface area contributed by atoms with Gasteiger partial charge in [-0.2, -0.15) is 15.1 Å². The fourth-order valence-corrected chi connectivity index (χ4v) is 4.80. The van der Waals surface area contributed by atoms with Crippen LogP contribution in [0, 0.1) is 0 Å². The third kappa shape index (κ3) is 3.95. The van der Waals surface area contributed by atoms with Crippen LogP contribution >= 0.6 is 0 Å². The van der Waals surface area contributed by atoms with E-state index in [-0.39, 0.29) is 0 Å². The van der Waals surface area contributed by atoms with Gasteiger partial charge in [0.05, 0.1) is 28.6 Å². The first-order valence-corrected chi connectivity index (χ1v) is 11.8. The summed E-state index contributed by atoms with van der Waals surface area (Å²) >= 11 is 0. The number of rotatable bonds is 6. The van der Waals surface area contributed by atoms with Crippen LogP contribution in [0.25, 0.3) is 16.7 Å². The molecule has 2 aromatic heterocycles. The number of benzene rings is 3. The van der Waals surface area contributed by atoms with Crippen LogP contribution in [0.4, 0.5) is 23.1 Å². The summed E-state index contributed by atoms with van der Waals surface area (Å²) in [7, 11) is 4.19. The zero-order chi connectivity index (χ0) is 23.8. The number of fused-ring (bicyclic) bond motifs is 2. The van der Waals surface area contributed by atoms with Gasteiger partial charge >= 0.3 is 0 Å². The fourth-order valence-electron chi connectivity index (χ4n) is 4.80. The van der Waals surface area contributed by atoms with E-state index in [0.29, 0.717) is 5.95 Å². The normalized spacial score (nSPS) is 12.7. The van der Waals surface area contributed by atoms with Gasteiger partial charge in [0.1, 0.15) is 5.82 Å². The molecular formula is C28H27N7. The van der Waals surface area contributed by atoms with E-state index in [9.17, 15) is 0 Å². The zero-order valence-corrected chi connectivity index (χ0v) is 19.9. The van der Waals surface area contributed by atoms with Crippen LogP contribution in [0.3, 0.4) is 0 Å². The van der Waals surface area contributed by atoms with Gasteiger partial charge in [-0.05, 0) is 35.7 Å². The van der Waals surface area contributed by atoms with Crippen molar-refractivity contribution in [1.29, 1.82) is 0 Å². The third-order valence-corrected chi connectivity index (χ3v) is 6.50. The van der Waals surface area contributed by atoms with Crippen molar-refractivity contribution in [2.75, 3.05) is 35.8 Å². The van der Waals surface area contributed by atoms with Gasteiger partial charge in [-0.3, -0.25) is 0 Å². The number of nitrogens with zero attached hydrogens (tertiary/aromatic N) is 6. The van der Waals surface area contributed by atoms with Crippen molar-refractivity contribution < 1.29 is 0 Å². The SMILES string of the molecule is CN1CCc2cccc(Nc3nc(N(C)Cc4ccccc4)c4cnn(-c5ccccc5)c4n3)c21. The van der Waals surface area contributed by atoms with Crippen molar-refractivity contribution >= 4 is 34.2 Å². The highest BCUT2D eigenvalue weighted by Crippen LogP contribution is 2.36. The smallest absolute Gasteiger partial charge is 0.231 e. The van der Waals surface area contributed by atoms with Gasteiger partial charge in [0.2, 0.25) is 5.95 Å². The molecule has 0 saturated carbocycles. The molecule has 0 unspecified atom stereocenters. The number of nitrogens with one attached hydrogen (secondary N) is 1. The number of para-hydroxylation sites is 2. The standard InChI is InChI=1S/C28H27N7/c1-33-17-16-21-12-9-15-24(25(21)33)30-28-31-26(34(2)19-20-10-5-3-6-11-20)23-18-29-35(27(23)32-28)22-13-7-4-8-14-22/h3-15,18H,16-17,19H2,1-2H3,(H,30,31,32). The maximum atomic E-state index is 4.98. The summed E-state index contributed by atoms with van der Waals surface area (Å²) in [5, 5.41) is 9.12. The molecule has 0 atom stereocenters. The van der Waals surface area contributed by atoms with E-state index < -0.39 is 0 Å². The van der Waals surface area contributed by atoms with E-state index in [2.05, 4.69) is 76.8 Å². The van der Waals surface area contributed by atoms with Gasteiger partial charge in [0.25, 0.3) is 0 Å². The Kier molecular flexibility index (Phi) is 5.29. The number of hydrogen-bond acceptors (Lipinski definition) is 6. The highest BCUT2D eigenvalue weighted by molar-refractivity contribution is 5.90. The molecule has 1 N–H and O–H groups in total. The summed E-state index contributed by atoms with van der Waals surface area (Å²) in [6.07, 6.45) is 2.91. The zero-order valence-electron chi connectivity index (χ0n) is 19.9. The van der Waals surface area contributed by atoms with Gasteiger partial charge in [-0.25, -0.2) is 4.68 Å². The lowest BCUT2D eigenvalue weighted by molar-refractivity contribution is 0.888. The molecule has 0 radical (unpaired) electrons. The van der Waals surface area contributed by atoms with Crippen LogP contribution in [0.1, 0.15) is 11.1 Å². The molecule has 0 saturated heterocycles. The first-order valence-electron chi connectivity index (χ1n) is 11.8. The Morgan fingerprint density at radius 1 is 0.914 bits per heavy atom. The maximum absolute atomic E-state index is 4.98. The van der Waals surface area contributed by atoms with Crippen molar-refractivity contribution in [3.8, 4) is 5.69 Å². The van der Waals surface area contributed by atoms with Crippen LogP contribution in [-0.4, -0.2) is 40.4 Å². The highest BCUT2D eigenvalue weighted by Gasteiger charge is 2.21. The molecule has 0 aliphatic carbocycles. The summed E-state index contributed by atoms with van der Waals surface area (Å²) in [5.41, 5.74) is 6.52. The average Bonchev–Trinajstić information content (AvgIpc) is 3.49. The molecule has 0 fully saturated rings. The van der Waals surface area contributed by atoms with Crippen LogP contribution < -0.4 is 15.1 Å². The topological polar surface area (TPSA) is 62.1 Å². The fraction of sp³-hybridized carbons (Fsp3) is 0.179. The van der Waals surface area contributed by atoms with E-state index in [1.165, 1.54) is 16.8 Å². The van der Waals surface area contributed by atoms with Crippen LogP contribution in [-0.2, 0) is 13.0 Å². The van der Waals surface area contributed by atoms with Gasteiger partial charge in [0, 0.05) is 27.2 Å². The van der Waals surface area contributed by atoms with Gasteiger partial charge in [-0.15, -0.1) is 0 Å². The van der Waals surface area contributed by atoms with E-state index in [4.69, 9.17) is 9.97 Å². The monoisotopic (exact) mass is 461 g/mol. The number of aromatic nitrogens is 4. The van der Waals surface area contributed by atoms with E-state index in [0.717, 1.165) is 47.7 Å². The highest BCUT2D eigenvalue weighted by atomic mass is 15.3. The Bertz CT molecular complexity index is 1480. The predicted molar refractivity (Wildman–Crippen MR) is 142 cm³/mol. The molecule has 5 aromatic rings. The van der Waals surface area contributed by atoms with E-state index in [1.807, 2.05) is 47.3 Å². The minimum Gasteiger partial charge on any atom is -0.372 e. The Labute approximate surface area is 204 Å². The molecule has 0 spiro atoms. The summed E-state index contributed by atoms with van der Waals surface area (Å²) in [6, 6.07) is 26.9. The molecule has 1 aliphatic heterocycles. The van der Waals surface area contributed by atoms with E-state index >= 15 is 0 Å². The summed E-state index contributed by atoms with van der Waals surface area (Å²) in [6.45, 7) is 1.74. The molecule has 0 bridgehead atoms. The lowest BCUT2D eigenvalue weighted by Gasteiger charge is -2.21. The quantitative estimate of drug-likeness (QED) is 0.376. The van der Waals surface area contributed by atoms with Crippen molar-refractivity contribution in [1.82, 2.24) is 19.7 Å². The Hall–Kier alpha value is -4.39. The lowest BCUT2D eigenvalue weighted by Crippen LogP contribution is -2.19. The van der Waals surface area contributed by atoms with Gasteiger partial charge in [-0.1, -0.05) is 60.7 Å². The molecule has 7 heteroatoms. The summed E-state index contributed by atoms with van der Waals surface area (Å²) < 4.78 is 1.88. The predicted octanol–water partition coefficient (Wildman–Crippen LogP) is 5.19. The van der Waals surface area contributed by atoms with Crippen molar-refractivity contribution in [3.05, 3.63) is 96.2 Å². The summed E-state index contributed by atoms with van der Waals surface area (Å²) in [4.78, 5) is 14.4. The second-order valence-electron chi connectivity index (χ2n) is 8.95. The molecule has 7 nitrogen and oxygen atoms in total. The number of anilines is 4. The molecule has 6 rings (SSSR count). The van der Waals surface area contributed by atoms with Crippen molar-refractivity contribution in [2.45, 2.75) is 13.0 Å². The van der Waals surface area contributed by atoms with E-state index in [1.54, 1.807) is 0 Å². The van der Waals surface area contributed by atoms with Crippen LogP contribution in [0.5, 0.6) is 0 Å². The average molecular weight is 462 g/mol. The maximum Gasteiger partial charge on any atom is 0.231 e. The minimum absolute atomic E-state index is 0.554. The third-order valence-electron chi connectivity index (χ3n) is 6.50. The first-order chi connectivity index (χ1) is 17.2. The molecule has 3 heterocycles. The first kappa shape index (κ1) is 21.2. The van der Waals surface area contributed by atoms with Gasteiger partial charge in [0.15, 0.2) is 5.65 Å². The lowest BCUT2D eigenvalue weighted by atomic mass is 10.1. The van der Waals surface area contributed by atoms with Crippen molar-refractivity contribution in [2.24, 2.45) is 0 Å². The molecule has 35 heavy (non-hydrogen) atoms.